The summed E-state index contributed by atoms with van der Waals surface area (Å²) in [5, 5.41) is 18.9. The molecule has 7 heteroatoms. The Morgan fingerprint density at radius 1 is 1.25 bits per heavy atom. The molecule has 0 radical (unpaired) electrons. The molecule has 3 rings (SSSR count). The number of halogens is 1. The normalized spacial score (nSPS) is 10.3. The molecule has 6 nitrogen and oxygen atoms in total. The van der Waals surface area contributed by atoms with Gasteiger partial charge in [0.15, 0.2) is 0 Å². The molecular formula is C21H20FN5O. The minimum absolute atomic E-state index is 0.230. The molecule has 2 N–H and O–H groups in total. The number of hydrogen-bond acceptors (Lipinski definition) is 3. The second-order valence-electron chi connectivity index (χ2n) is 6.43. The van der Waals surface area contributed by atoms with Crippen molar-refractivity contribution in [1.29, 1.82) is 5.26 Å². The summed E-state index contributed by atoms with van der Waals surface area (Å²) < 4.78 is 13.0. The van der Waals surface area contributed by atoms with E-state index in [1.807, 2.05) is 12.1 Å². The Hall–Kier alpha value is -3.66. The first-order valence-electron chi connectivity index (χ1n) is 8.87. The molecule has 142 valence electrons. The highest BCUT2D eigenvalue weighted by Crippen LogP contribution is 2.18. The Kier molecular flexibility index (Phi) is 6.02. The lowest BCUT2D eigenvalue weighted by atomic mass is 10.1. The maximum atomic E-state index is 13.0. The van der Waals surface area contributed by atoms with Gasteiger partial charge in [-0.05, 0) is 61.4 Å². The van der Waals surface area contributed by atoms with Gasteiger partial charge in [-0.1, -0.05) is 6.07 Å². The van der Waals surface area contributed by atoms with E-state index in [4.69, 9.17) is 5.26 Å². The van der Waals surface area contributed by atoms with Gasteiger partial charge >= 0.3 is 6.03 Å². The molecule has 2 aromatic carbocycles. The molecule has 1 heterocycles. The smallest absolute Gasteiger partial charge is 0.321 e. The van der Waals surface area contributed by atoms with E-state index in [-0.39, 0.29) is 11.8 Å². The van der Waals surface area contributed by atoms with Crippen molar-refractivity contribution in [3.63, 3.8) is 0 Å². The van der Waals surface area contributed by atoms with Crippen molar-refractivity contribution in [2.45, 2.75) is 12.8 Å². The lowest BCUT2D eigenvalue weighted by Crippen LogP contribution is -2.32. The van der Waals surface area contributed by atoms with Crippen molar-refractivity contribution in [3.05, 3.63) is 71.7 Å². The van der Waals surface area contributed by atoms with Crippen LogP contribution in [0.4, 0.5) is 14.9 Å². The molecule has 0 aliphatic carbocycles. The maximum absolute atomic E-state index is 13.0. The van der Waals surface area contributed by atoms with E-state index in [1.165, 1.54) is 12.1 Å². The summed E-state index contributed by atoms with van der Waals surface area (Å²) in [5.41, 5.74) is 3.65. The molecule has 2 amide bonds. The van der Waals surface area contributed by atoms with Crippen LogP contribution in [0.2, 0.25) is 0 Å². The number of carbonyl (C=O) groups is 1. The first-order valence-corrected chi connectivity index (χ1v) is 8.87. The second-order valence-corrected chi connectivity index (χ2v) is 6.43. The molecule has 0 aliphatic heterocycles. The number of carbonyl (C=O) groups excluding carboxylic acids is 1. The monoisotopic (exact) mass is 377 g/mol. The molecule has 0 unspecified atom stereocenters. The van der Waals surface area contributed by atoms with Crippen LogP contribution in [-0.4, -0.2) is 34.7 Å². The SMILES string of the molecule is CN(CCCc1cc(-c2ccc(F)cc2)n[nH]1)C(=O)Nc1cccc(C#N)c1. The number of rotatable bonds is 6. The molecule has 28 heavy (non-hydrogen) atoms. The van der Waals surface area contributed by atoms with E-state index in [0.29, 0.717) is 17.8 Å². The average Bonchev–Trinajstić information content (AvgIpc) is 3.17. The van der Waals surface area contributed by atoms with E-state index < -0.39 is 0 Å². The maximum Gasteiger partial charge on any atom is 0.321 e. The van der Waals surface area contributed by atoms with E-state index in [2.05, 4.69) is 15.5 Å². The van der Waals surface area contributed by atoms with Crippen molar-refractivity contribution in [2.24, 2.45) is 0 Å². The predicted octanol–water partition coefficient (Wildman–Crippen LogP) is 4.18. The van der Waals surface area contributed by atoms with Gasteiger partial charge in [-0.25, -0.2) is 9.18 Å². The summed E-state index contributed by atoms with van der Waals surface area (Å²) in [4.78, 5) is 13.8. The van der Waals surface area contributed by atoms with Crippen LogP contribution < -0.4 is 5.32 Å². The molecule has 0 aliphatic rings. The fraction of sp³-hybridized carbons (Fsp3) is 0.190. The van der Waals surface area contributed by atoms with Crippen LogP contribution >= 0.6 is 0 Å². The lowest BCUT2D eigenvalue weighted by molar-refractivity contribution is 0.222. The van der Waals surface area contributed by atoms with Crippen LogP contribution in [0.5, 0.6) is 0 Å². The van der Waals surface area contributed by atoms with E-state index in [0.717, 1.165) is 29.8 Å². The number of benzene rings is 2. The number of nitrogens with zero attached hydrogens (tertiary/aromatic N) is 3. The van der Waals surface area contributed by atoms with Crippen molar-refractivity contribution in [2.75, 3.05) is 18.9 Å². The minimum Gasteiger partial charge on any atom is -0.328 e. The van der Waals surface area contributed by atoms with Crippen LogP contribution in [0.1, 0.15) is 17.7 Å². The first kappa shape index (κ1) is 19.1. The summed E-state index contributed by atoms with van der Waals surface area (Å²) in [6.07, 6.45) is 1.49. The fourth-order valence-corrected chi connectivity index (χ4v) is 2.75. The number of amides is 2. The highest BCUT2D eigenvalue weighted by Gasteiger charge is 2.10. The summed E-state index contributed by atoms with van der Waals surface area (Å²) in [6, 6.07) is 16.7. The largest absolute Gasteiger partial charge is 0.328 e. The van der Waals surface area contributed by atoms with Gasteiger partial charge in [0, 0.05) is 30.5 Å². The quantitative estimate of drug-likeness (QED) is 0.676. The summed E-state index contributed by atoms with van der Waals surface area (Å²) in [7, 11) is 1.72. The molecule has 1 aromatic heterocycles. The zero-order valence-corrected chi connectivity index (χ0v) is 15.4. The second kappa shape index (κ2) is 8.82. The number of nitriles is 1. The van der Waals surface area contributed by atoms with Crippen LogP contribution in [0.25, 0.3) is 11.3 Å². The van der Waals surface area contributed by atoms with Crippen LogP contribution in [-0.2, 0) is 6.42 Å². The zero-order valence-electron chi connectivity index (χ0n) is 15.4. The van der Waals surface area contributed by atoms with Gasteiger partial charge in [0.25, 0.3) is 0 Å². The van der Waals surface area contributed by atoms with E-state index in [1.54, 1.807) is 48.3 Å². The number of aromatic amines is 1. The van der Waals surface area contributed by atoms with Crippen molar-refractivity contribution in [3.8, 4) is 17.3 Å². The Balaban J connectivity index is 1.48. The molecule has 0 saturated carbocycles. The van der Waals surface area contributed by atoms with Gasteiger partial charge in [0.1, 0.15) is 5.82 Å². The summed E-state index contributed by atoms with van der Waals surface area (Å²) in [5.74, 6) is -0.278. The van der Waals surface area contributed by atoms with Gasteiger partial charge < -0.3 is 10.2 Å². The number of aromatic nitrogens is 2. The van der Waals surface area contributed by atoms with Crippen LogP contribution in [0, 0.1) is 17.1 Å². The Morgan fingerprint density at radius 3 is 2.79 bits per heavy atom. The third-order valence-electron chi connectivity index (χ3n) is 4.30. The van der Waals surface area contributed by atoms with Crippen LogP contribution in [0.3, 0.4) is 0 Å². The van der Waals surface area contributed by atoms with E-state index >= 15 is 0 Å². The summed E-state index contributed by atoms with van der Waals surface area (Å²) >= 11 is 0. The highest BCUT2D eigenvalue weighted by molar-refractivity contribution is 5.89. The Labute approximate surface area is 162 Å². The lowest BCUT2D eigenvalue weighted by Gasteiger charge is -2.17. The third-order valence-corrected chi connectivity index (χ3v) is 4.30. The van der Waals surface area contributed by atoms with Crippen molar-refractivity contribution < 1.29 is 9.18 Å². The Morgan fingerprint density at radius 2 is 2.04 bits per heavy atom. The molecule has 0 saturated heterocycles. The highest BCUT2D eigenvalue weighted by atomic mass is 19.1. The van der Waals surface area contributed by atoms with Gasteiger partial charge in [-0.15, -0.1) is 0 Å². The molecule has 0 fully saturated rings. The minimum atomic E-state index is -0.278. The zero-order chi connectivity index (χ0) is 19.9. The fourth-order valence-electron chi connectivity index (χ4n) is 2.75. The average molecular weight is 377 g/mol. The molecular weight excluding hydrogens is 357 g/mol. The number of nitrogens with one attached hydrogen (secondary N) is 2. The number of urea groups is 1. The molecule has 0 spiro atoms. The number of aryl methyl sites for hydroxylation is 1. The van der Waals surface area contributed by atoms with Crippen molar-refractivity contribution >= 4 is 11.7 Å². The number of anilines is 1. The standard InChI is InChI=1S/C21H20FN5O/c1-27(21(28)24-18-5-2-4-15(12-18)14-23)11-3-6-19-13-20(26-25-19)16-7-9-17(22)10-8-16/h2,4-5,7-10,12-13H,3,6,11H2,1H3,(H,24,28)(H,25,26). The number of hydrogen-bond donors (Lipinski definition) is 2. The van der Waals surface area contributed by atoms with E-state index in [9.17, 15) is 9.18 Å². The molecule has 0 bridgehead atoms. The molecule has 3 aromatic rings. The Bertz CT molecular complexity index is 991. The van der Waals surface area contributed by atoms with Gasteiger partial charge in [0.2, 0.25) is 0 Å². The third kappa shape index (κ3) is 4.95. The summed E-state index contributed by atoms with van der Waals surface area (Å²) in [6.45, 7) is 0.564. The molecule has 0 atom stereocenters. The first-order chi connectivity index (χ1) is 13.5. The van der Waals surface area contributed by atoms with Gasteiger partial charge in [-0.3, -0.25) is 5.10 Å². The van der Waals surface area contributed by atoms with Gasteiger partial charge in [-0.2, -0.15) is 10.4 Å². The number of H-pyrrole nitrogens is 1. The topological polar surface area (TPSA) is 84.8 Å². The predicted molar refractivity (Wildman–Crippen MR) is 105 cm³/mol. The van der Waals surface area contributed by atoms with Crippen LogP contribution in [0.15, 0.2) is 54.6 Å². The van der Waals surface area contributed by atoms with Gasteiger partial charge in [0.05, 0.1) is 17.3 Å². The van der Waals surface area contributed by atoms with Crippen molar-refractivity contribution in [1.82, 2.24) is 15.1 Å².